The van der Waals surface area contributed by atoms with Gasteiger partial charge in [0.25, 0.3) is 5.91 Å². The Morgan fingerprint density at radius 2 is 2.00 bits per heavy atom. The van der Waals surface area contributed by atoms with Crippen molar-refractivity contribution in [1.82, 2.24) is 20.6 Å². The highest BCUT2D eigenvalue weighted by Gasteiger charge is 2.25. The minimum atomic E-state index is -0.847. The predicted octanol–water partition coefficient (Wildman–Crippen LogP) is 1.65. The van der Waals surface area contributed by atoms with E-state index in [0.29, 0.717) is 12.8 Å². The topological polar surface area (TPSA) is 113 Å². The summed E-state index contributed by atoms with van der Waals surface area (Å²) in [6.45, 7) is -0.0224. The molecule has 0 aliphatic carbocycles. The van der Waals surface area contributed by atoms with Crippen LogP contribution < -0.4 is 10.6 Å². The summed E-state index contributed by atoms with van der Waals surface area (Å²) in [4.78, 5) is 43.5. The van der Waals surface area contributed by atoms with Crippen LogP contribution in [0, 0.1) is 0 Å². The van der Waals surface area contributed by atoms with Crippen LogP contribution in [0.2, 0.25) is 0 Å². The molecule has 0 spiro atoms. The average Bonchev–Trinajstić information content (AvgIpc) is 3.24. The van der Waals surface area contributed by atoms with Gasteiger partial charge in [0.1, 0.15) is 12.6 Å². The Labute approximate surface area is 162 Å². The summed E-state index contributed by atoms with van der Waals surface area (Å²) in [6.07, 6.45) is 7.71. The number of rotatable bonds is 3. The van der Waals surface area contributed by atoms with Crippen LogP contribution in [0.1, 0.15) is 41.5 Å². The molecule has 0 radical (unpaired) electrons. The van der Waals surface area contributed by atoms with Gasteiger partial charge in [0.2, 0.25) is 5.91 Å². The lowest BCUT2D eigenvalue weighted by Crippen LogP contribution is -2.43. The fraction of sp³-hybridized carbons (Fsp3) is 0.300. The first kappa shape index (κ1) is 19.3. The number of H-pyrrole nitrogens is 1. The Hall–Kier alpha value is -3.42. The molecule has 0 fully saturated rings. The van der Waals surface area contributed by atoms with Gasteiger partial charge in [-0.05, 0) is 18.4 Å². The molecule has 0 saturated heterocycles. The third-order valence-electron chi connectivity index (χ3n) is 4.31. The van der Waals surface area contributed by atoms with E-state index in [2.05, 4.69) is 20.6 Å². The fourth-order valence-electron chi connectivity index (χ4n) is 2.83. The molecule has 2 aromatic rings. The van der Waals surface area contributed by atoms with Crippen molar-refractivity contribution in [3.8, 4) is 0 Å². The van der Waals surface area contributed by atoms with Crippen LogP contribution >= 0.6 is 0 Å². The van der Waals surface area contributed by atoms with Crippen molar-refractivity contribution in [3.63, 3.8) is 0 Å². The standard InChI is InChI=1S/C20H22N4O4/c25-17-10-6-2-5-9-15(24-19(26)18-21-11-12-22-18)20(27)28-13-16(23-17)14-7-3-1-4-8-14/h1-5,7-8,11-12,15-16H,6,9-10,13H2,(H,21,22)(H,23,25)(H,24,26)/b5-2+/t15-,16+/m1/s1. The number of benzene rings is 1. The van der Waals surface area contributed by atoms with Gasteiger partial charge >= 0.3 is 5.97 Å². The van der Waals surface area contributed by atoms with Crippen molar-refractivity contribution in [2.75, 3.05) is 6.61 Å². The molecule has 8 nitrogen and oxygen atoms in total. The van der Waals surface area contributed by atoms with Gasteiger partial charge in [-0.15, -0.1) is 0 Å². The number of hydrogen-bond acceptors (Lipinski definition) is 5. The maximum absolute atomic E-state index is 12.6. The zero-order valence-electron chi connectivity index (χ0n) is 15.3. The summed E-state index contributed by atoms with van der Waals surface area (Å²) in [7, 11) is 0. The van der Waals surface area contributed by atoms with Crippen LogP contribution in [0.15, 0.2) is 54.9 Å². The molecule has 146 valence electrons. The number of nitrogens with one attached hydrogen (secondary N) is 3. The summed E-state index contributed by atoms with van der Waals surface area (Å²) >= 11 is 0. The maximum Gasteiger partial charge on any atom is 0.329 e. The first-order valence-corrected chi connectivity index (χ1v) is 9.09. The van der Waals surface area contributed by atoms with E-state index in [0.717, 1.165) is 5.56 Å². The molecule has 8 heteroatoms. The molecule has 2 amide bonds. The van der Waals surface area contributed by atoms with Gasteiger partial charge in [0.05, 0.1) is 6.04 Å². The van der Waals surface area contributed by atoms with Crippen LogP contribution in [0.3, 0.4) is 0 Å². The van der Waals surface area contributed by atoms with E-state index in [9.17, 15) is 14.4 Å². The number of allylic oxidation sites excluding steroid dienone is 1. The Kier molecular flexibility index (Phi) is 6.56. The number of carbonyl (C=O) groups excluding carboxylic acids is 3. The van der Waals surface area contributed by atoms with E-state index >= 15 is 0 Å². The lowest BCUT2D eigenvalue weighted by Gasteiger charge is -2.22. The first-order valence-electron chi connectivity index (χ1n) is 9.09. The number of aromatic nitrogens is 2. The smallest absolute Gasteiger partial charge is 0.329 e. The second kappa shape index (κ2) is 9.50. The SMILES string of the molecule is O=C1CC/C=C/C[C@@H](NC(=O)c2ncc[nH]2)C(=O)OC[C@@H](c2ccccc2)N1. The largest absolute Gasteiger partial charge is 0.462 e. The number of imidazole rings is 1. The summed E-state index contributed by atoms with van der Waals surface area (Å²) in [6, 6.07) is 8.00. The maximum atomic E-state index is 12.6. The van der Waals surface area contributed by atoms with Crippen LogP contribution in [0.4, 0.5) is 0 Å². The number of hydrogen-bond donors (Lipinski definition) is 3. The highest BCUT2D eigenvalue weighted by Crippen LogP contribution is 2.15. The molecule has 1 aliphatic heterocycles. The number of amides is 2. The van der Waals surface area contributed by atoms with E-state index in [4.69, 9.17) is 4.74 Å². The molecular weight excluding hydrogens is 360 g/mol. The number of aromatic amines is 1. The number of cyclic esters (lactones) is 1. The Balaban J connectivity index is 1.73. The zero-order chi connectivity index (χ0) is 19.8. The van der Waals surface area contributed by atoms with Crippen LogP contribution in [0.25, 0.3) is 0 Å². The molecule has 1 aromatic carbocycles. The molecule has 3 N–H and O–H groups in total. The molecule has 2 atom stereocenters. The quantitative estimate of drug-likeness (QED) is 0.552. The van der Waals surface area contributed by atoms with Crippen LogP contribution in [0.5, 0.6) is 0 Å². The highest BCUT2D eigenvalue weighted by atomic mass is 16.5. The number of nitrogens with zero attached hydrogens (tertiary/aromatic N) is 1. The number of carbonyl (C=O) groups is 3. The third-order valence-corrected chi connectivity index (χ3v) is 4.31. The van der Waals surface area contributed by atoms with Crippen molar-refractivity contribution >= 4 is 17.8 Å². The van der Waals surface area contributed by atoms with Gasteiger partial charge in [-0.3, -0.25) is 9.59 Å². The predicted molar refractivity (Wildman–Crippen MR) is 101 cm³/mol. The van der Waals surface area contributed by atoms with Crippen molar-refractivity contribution in [1.29, 1.82) is 0 Å². The monoisotopic (exact) mass is 382 g/mol. The van der Waals surface area contributed by atoms with E-state index < -0.39 is 24.0 Å². The van der Waals surface area contributed by atoms with E-state index in [1.807, 2.05) is 36.4 Å². The van der Waals surface area contributed by atoms with Crippen molar-refractivity contribution < 1.29 is 19.1 Å². The summed E-state index contributed by atoms with van der Waals surface area (Å²) in [5, 5.41) is 5.54. The normalized spacial score (nSPS) is 22.1. The number of ether oxygens (including phenoxy) is 1. The number of esters is 1. The summed E-state index contributed by atoms with van der Waals surface area (Å²) in [5.41, 5.74) is 0.840. The van der Waals surface area contributed by atoms with E-state index in [-0.39, 0.29) is 24.8 Å². The zero-order valence-corrected chi connectivity index (χ0v) is 15.3. The minimum absolute atomic E-state index is 0.0224. The first-order chi connectivity index (χ1) is 13.6. The molecule has 28 heavy (non-hydrogen) atoms. The second-order valence-corrected chi connectivity index (χ2v) is 6.37. The second-order valence-electron chi connectivity index (χ2n) is 6.37. The fourth-order valence-corrected chi connectivity index (χ4v) is 2.83. The molecule has 3 rings (SSSR count). The molecular formula is C20H22N4O4. The molecule has 0 bridgehead atoms. The van der Waals surface area contributed by atoms with Crippen molar-refractivity contribution in [2.45, 2.75) is 31.3 Å². The molecule has 0 saturated carbocycles. The van der Waals surface area contributed by atoms with Gasteiger partial charge in [-0.2, -0.15) is 0 Å². The van der Waals surface area contributed by atoms with E-state index in [1.165, 1.54) is 12.4 Å². The van der Waals surface area contributed by atoms with Crippen molar-refractivity contribution in [3.05, 3.63) is 66.3 Å². The van der Waals surface area contributed by atoms with Crippen molar-refractivity contribution in [2.24, 2.45) is 0 Å². The molecule has 0 unspecified atom stereocenters. The molecule has 2 heterocycles. The van der Waals surface area contributed by atoms with Gasteiger partial charge in [-0.1, -0.05) is 42.5 Å². The average molecular weight is 382 g/mol. The lowest BCUT2D eigenvalue weighted by molar-refractivity contribution is -0.147. The Morgan fingerprint density at radius 1 is 1.18 bits per heavy atom. The van der Waals surface area contributed by atoms with Crippen LogP contribution in [-0.2, 0) is 14.3 Å². The van der Waals surface area contributed by atoms with Gasteiger partial charge in [0.15, 0.2) is 5.82 Å². The summed E-state index contributed by atoms with van der Waals surface area (Å²) < 4.78 is 5.43. The highest BCUT2D eigenvalue weighted by molar-refractivity contribution is 5.93. The Morgan fingerprint density at radius 3 is 2.75 bits per heavy atom. The van der Waals surface area contributed by atoms with Gasteiger partial charge < -0.3 is 20.4 Å². The van der Waals surface area contributed by atoms with Gasteiger partial charge in [-0.25, -0.2) is 9.78 Å². The minimum Gasteiger partial charge on any atom is -0.462 e. The summed E-state index contributed by atoms with van der Waals surface area (Å²) in [5.74, 6) is -1.05. The van der Waals surface area contributed by atoms with Crippen LogP contribution in [-0.4, -0.2) is 40.4 Å². The molecule has 1 aromatic heterocycles. The van der Waals surface area contributed by atoms with E-state index in [1.54, 1.807) is 6.08 Å². The molecule has 1 aliphatic rings. The van der Waals surface area contributed by atoms with Gasteiger partial charge in [0, 0.05) is 18.8 Å². The lowest BCUT2D eigenvalue weighted by atomic mass is 10.1. The third kappa shape index (κ3) is 5.29. The Bertz CT molecular complexity index is 833.